The van der Waals surface area contributed by atoms with Gasteiger partial charge in [-0.1, -0.05) is 127 Å². The van der Waals surface area contributed by atoms with Crippen LogP contribution in [0, 0.1) is 0 Å². The van der Waals surface area contributed by atoms with E-state index in [2.05, 4.69) is 146 Å². The van der Waals surface area contributed by atoms with Gasteiger partial charge in [0.05, 0.1) is 0 Å². The summed E-state index contributed by atoms with van der Waals surface area (Å²) in [7, 11) is 0. The Hall–Kier alpha value is -6.16. The fourth-order valence-corrected chi connectivity index (χ4v) is 9.13. The second-order valence-electron chi connectivity index (χ2n) is 12.8. The van der Waals surface area contributed by atoms with E-state index in [0.29, 0.717) is 0 Å². The Bertz CT molecular complexity index is 3050. The zero-order valence-corrected chi connectivity index (χ0v) is 27.1. The highest BCUT2D eigenvalue weighted by Crippen LogP contribution is 2.51. The first kappa shape index (κ1) is 26.9. The van der Waals surface area contributed by atoms with E-state index in [1.54, 1.807) is 0 Å². The van der Waals surface area contributed by atoms with Crippen LogP contribution < -0.4 is 0 Å². The van der Waals surface area contributed by atoms with Gasteiger partial charge >= 0.3 is 0 Å². The van der Waals surface area contributed by atoms with Crippen LogP contribution in [-0.2, 0) is 0 Å². The molecule has 11 aromatic rings. The zero-order chi connectivity index (χ0) is 32.1. The van der Waals surface area contributed by atoms with Crippen LogP contribution >= 0.6 is 11.3 Å². The summed E-state index contributed by atoms with van der Waals surface area (Å²) in [6, 6.07) is 56.5. The van der Waals surface area contributed by atoms with E-state index >= 15 is 0 Å². The van der Waals surface area contributed by atoms with E-state index in [4.69, 9.17) is 8.83 Å². The zero-order valence-electron chi connectivity index (χ0n) is 26.2. The van der Waals surface area contributed by atoms with Gasteiger partial charge in [-0.25, -0.2) is 0 Å². The molecular weight excluding hydrogens is 617 g/mol. The van der Waals surface area contributed by atoms with Gasteiger partial charge in [0.2, 0.25) is 0 Å². The van der Waals surface area contributed by atoms with Crippen LogP contribution in [0.25, 0.3) is 108 Å². The molecule has 0 unspecified atom stereocenters. The van der Waals surface area contributed by atoms with Crippen molar-refractivity contribution < 1.29 is 8.83 Å². The smallest absolute Gasteiger partial charge is 0.139 e. The van der Waals surface area contributed by atoms with Crippen LogP contribution in [0.15, 0.2) is 167 Å². The van der Waals surface area contributed by atoms with E-state index in [-0.39, 0.29) is 0 Å². The number of thiophene rings is 1. The lowest BCUT2D eigenvalue weighted by molar-refractivity contribution is 0.628. The summed E-state index contributed by atoms with van der Waals surface area (Å²) in [6.45, 7) is 0. The van der Waals surface area contributed by atoms with Gasteiger partial charge in [0.1, 0.15) is 22.5 Å². The molecule has 0 saturated heterocycles. The quantitative estimate of drug-likeness (QED) is 0.179. The molecule has 3 heterocycles. The normalized spacial score (nSPS) is 12.1. The Labute approximate surface area is 285 Å². The van der Waals surface area contributed by atoms with Crippen molar-refractivity contribution in [2.24, 2.45) is 0 Å². The molecule has 0 amide bonds. The Kier molecular flexibility index (Phi) is 5.57. The highest BCUT2D eigenvalue weighted by atomic mass is 32.1. The van der Waals surface area contributed by atoms with Crippen LogP contribution in [0.1, 0.15) is 0 Å². The number of benzene rings is 8. The average molecular weight is 643 g/mol. The summed E-state index contributed by atoms with van der Waals surface area (Å²) >= 11 is 1.87. The van der Waals surface area contributed by atoms with Crippen LogP contribution in [0.4, 0.5) is 0 Å². The molecular formula is C46H26O2S. The number of fused-ring (bicyclic) bond motifs is 9. The van der Waals surface area contributed by atoms with Crippen molar-refractivity contribution in [3.05, 3.63) is 158 Å². The highest BCUT2D eigenvalue weighted by molar-refractivity contribution is 7.25. The maximum absolute atomic E-state index is 6.64. The lowest BCUT2D eigenvalue weighted by Crippen LogP contribution is -1.92. The molecule has 0 saturated carbocycles. The van der Waals surface area contributed by atoms with Crippen molar-refractivity contribution >= 4 is 86.0 Å². The monoisotopic (exact) mass is 642 g/mol. The summed E-state index contributed by atoms with van der Waals surface area (Å²) in [5.74, 6) is 0.843. The number of hydrogen-bond donors (Lipinski definition) is 0. The number of furan rings is 2. The summed E-state index contributed by atoms with van der Waals surface area (Å²) in [4.78, 5) is 0. The second kappa shape index (κ2) is 10.2. The minimum absolute atomic E-state index is 0.813. The van der Waals surface area contributed by atoms with Gasteiger partial charge in [-0.15, -0.1) is 11.3 Å². The molecule has 0 aliphatic carbocycles. The number of rotatable bonds is 3. The first-order chi connectivity index (χ1) is 24.3. The SMILES string of the molecule is c1ccc(-c2cc3c(-c4c5ccccc5c(-c5ccc6c(c5)sc5ccccc56)c5ccccc45)c4c(cc3o2)oc2ccccc24)cc1. The van der Waals surface area contributed by atoms with Gasteiger partial charge in [0.25, 0.3) is 0 Å². The van der Waals surface area contributed by atoms with E-state index in [1.165, 1.54) is 58.4 Å². The number of para-hydroxylation sites is 1. The minimum Gasteiger partial charge on any atom is -0.456 e. The first-order valence-electron chi connectivity index (χ1n) is 16.6. The summed E-state index contributed by atoms with van der Waals surface area (Å²) < 4.78 is 15.8. The van der Waals surface area contributed by atoms with E-state index in [0.717, 1.165) is 49.8 Å². The predicted molar refractivity (Wildman–Crippen MR) is 208 cm³/mol. The molecule has 0 aliphatic heterocycles. The summed E-state index contributed by atoms with van der Waals surface area (Å²) in [5, 5.41) is 10.8. The lowest BCUT2D eigenvalue weighted by atomic mass is 9.84. The summed E-state index contributed by atoms with van der Waals surface area (Å²) in [6.07, 6.45) is 0. The van der Waals surface area contributed by atoms with Gasteiger partial charge in [0.15, 0.2) is 0 Å². The topological polar surface area (TPSA) is 26.3 Å². The van der Waals surface area contributed by atoms with Gasteiger partial charge in [-0.3, -0.25) is 0 Å². The fourth-order valence-electron chi connectivity index (χ4n) is 7.98. The average Bonchev–Trinajstić information content (AvgIpc) is 3.86. The van der Waals surface area contributed by atoms with Gasteiger partial charge in [0, 0.05) is 53.5 Å². The number of hydrogen-bond acceptors (Lipinski definition) is 3. The van der Waals surface area contributed by atoms with Crippen LogP contribution in [0.3, 0.4) is 0 Å². The van der Waals surface area contributed by atoms with Crippen molar-refractivity contribution in [1.29, 1.82) is 0 Å². The van der Waals surface area contributed by atoms with E-state index in [1.807, 2.05) is 23.5 Å². The third-order valence-corrected chi connectivity index (χ3v) is 11.2. The van der Waals surface area contributed by atoms with Crippen molar-refractivity contribution in [3.8, 4) is 33.6 Å². The Morgan fingerprint density at radius 2 is 0.939 bits per heavy atom. The highest BCUT2D eigenvalue weighted by Gasteiger charge is 2.24. The molecule has 11 rings (SSSR count). The molecule has 0 N–H and O–H groups in total. The van der Waals surface area contributed by atoms with Crippen LogP contribution in [0.5, 0.6) is 0 Å². The van der Waals surface area contributed by atoms with Crippen LogP contribution in [-0.4, -0.2) is 0 Å². The second-order valence-corrected chi connectivity index (χ2v) is 13.8. The maximum Gasteiger partial charge on any atom is 0.139 e. The molecule has 0 bridgehead atoms. The molecule has 8 aromatic carbocycles. The Morgan fingerprint density at radius 1 is 0.327 bits per heavy atom. The molecule has 0 spiro atoms. The maximum atomic E-state index is 6.64. The molecule has 3 heteroatoms. The molecule has 2 nitrogen and oxygen atoms in total. The molecule has 0 aliphatic rings. The van der Waals surface area contributed by atoms with Crippen LogP contribution in [0.2, 0.25) is 0 Å². The molecule has 228 valence electrons. The van der Waals surface area contributed by atoms with E-state index in [9.17, 15) is 0 Å². The predicted octanol–water partition coefficient (Wildman–Crippen LogP) is 14.0. The first-order valence-corrected chi connectivity index (χ1v) is 17.4. The third kappa shape index (κ3) is 3.88. The van der Waals surface area contributed by atoms with Crippen molar-refractivity contribution in [3.63, 3.8) is 0 Å². The molecule has 0 radical (unpaired) electrons. The van der Waals surface area contributed by atoms with Gasteiger partial charge < -0.3 is 8.83 Å². The Morgan fingerprint density at radius 3 is 1.69 bits per heavy atom. The minimum atomic E-state index is 0.813. The van der Waals surface area contributed by atoms with Crippen molar-refractivity contribution in [2.75, 3.05) is 0 Å². The van der Waals surface area contributed by atoms with Crippen molar-refractivity contribution in [1.82, 2.24) is 0 Å². The summed E-state index contributed by atoms with van der Waals surface area (Å²) in [5.41, 5.74) is 8.38. The largest absolute Gasteiger partial charge is 0.456 e. The Balaban J connectivity index is 1.29. The molecule has 3 aromatic heterocycles. The molecule has 49 heavy (non-hydrogen) atoms. The standard InChI is InChI=1S/C46H26O2S/c1-2-12-27(13-3-1)38-25-36-39(48-38)26-40-45(35-19-8-10-20-37(35)47-40)46(36)44-33-17-6-4-15-31(33)43(32-16-5-7-18-34(32)44)28-22-23-30-29-14-9-11-21-41(29)49-42(30)24-28/h1-26H. The van der Waals surface area contributed by atoms with E-state index < -0.39 is 0 Å². The lowest BCUT2D eigenvalue weighted by Gasteiger charge is -2.19. The van der Waals surface area contributed by atoms with Gasteiger partial charge in [-0.05, 0) is 62.5 Å². The fraction of sp³-hybridized carbons (Fsp3) is 0. The molecule has 0 fully saturated rings. The van der Waals surface area contributed by atoms with Gasteiger partial charge in [-0.2, -0.15) is 0 Å². The molecule has 0 atom stereocenters. The third-order valence-electron chi connectivity index (χ3n) is 10.1. The van der Waals surface area contributed by atoms with Crippen molar-refractivity contribution in [2.45, 2.75) is 0 Å².